The average Bonchev–Trinajstić information content (AvgIpc) is 3.14. The predicted molar refractivity (Wildman–Crippen MR) is 94.7 cm³/mol. The van der Waals surface area contributed by atoms with Crippen LogP contribution in [0.15, 0.2) is 53.1 Å². The van der Waals surface area contributed by atoms with Gasteiger partial charge in [0.15, 0.2) is 13.2 Å². The molecule has 0 spiro atoms. The molecule has 8 nitrogen and oxygen atoms in total. The van der Waals surface area contributed by atoms with Crippen LogP contribution in [0, 0.1) is 6.92 Å². The molecule has 0 aliphatic carbocycles. The Morgan fingerprint density at radius 2 is 1.85 bits per heavy atom. The second-order valence-corrected chi connectivity index (χ2v) is 5.71. The molecule has 138 valence electrons. The molecule has 0 fully saturated rings. The molecule has 3 aromatic rings. The minimum absolute atomic E-state index is 0.168. The van der Waals surface area contributed by atoms with Crippen molar-refractivity contribution >= 4 is 11.9 Å². The number of nitrogens with two attached hydrogens (primary N) is 1. The van der Waals surface area contributed by atoms with Gasteiger partial charge in [0.2, 0.25) is 5.82 Å². The summed E-state index contributed by atoms with van der Waals surface area (Å²) in [6.07, 6.45) is 0. The Morgan fingerprint density at radius 3 is 2.59 bits per heavy atom. The van der Waals surface area contributed by atoms with Crippen molar-refractivity contribution in [3.63, 3.8) is 0 Å². The number of benzene rings is 2. The number of nitrogens with zero attached hydrogens (tertiary/aromatic N) is 2. The van der Waals surface area contributed by atoms with Gasteiger partial charge in [0, 0.05) is 5.56 Å². The van der Waals surface area contributed by atoms with Gasteiger partial charge in [0.1, 0.15) is 11.3 Å². The Balaban J connectivity index is 1.65. The molecule has 0 saturated heterocycles. The van der Waals surface area contributed by atoms with E-state index in [4.69, 9.17) is 19.7 Å². The average molecular weight is 367 g/mol. The molecular formula is C19H17N3O5. The topological polar surface area (TPSA) is 118 Å². The third-order valence-electron chi connectivity index (χ3n) is 3.58. The number of esters is 1. The van der Waals surface area contributed by atoms with Gasteiger partial charge in [-0.3, -0.25) is 4.79 Å². The zero-order chi connectivity index (χ0) is 19.2. The number of rotatable bonds is 7. The van der Waals surface area contributed by atoms with E-state index in [1.165, 1.54) is 6.07 Å². The van der Waals surface area contributed by atoms with Crippen LogP contribution >= 0.6 is 0 Å². The number of aromatic nitrogens is 2. The van der Waals surface area contributed by atoms with Crippen molar-refractivity contribution in [2.45, 2.75) is 13.5 Å². The number of carbonyl (C=O) groups is 2. The van der Waals surface area contributed by atoms with E-state index in [2.05, 4.69) is 10.1 Å². The lowest BCUT2D eigenvalue weighted by atomic mass is 10.1. The van der Waals surface area contributed by atoms with Gasteiger partial charge in [0.25, 0.3) is 11.8 Å². The summed E-state index contributed by atoms with van der Waals surface area (Å²) in [7, 11) is 0. The standard InChI is InChI=1S/C19H17N3O5/c1-12-6-8-13(9-7-12)18-21-17(22-27-18)11-26-19(24)14-4-2-3-5-15(14)25-10-16(20)23/h2-9H,10-11H2,1H3,(H2,20,23). The van der Waals surface area contributed by atoms with Crippen LogP contribution in [0.1, 0.15) is 21.7 Å². The van der Waals surface area contributed by atoms with Crippen LogP contribution < -0.4 is 10.5 Å². The number of carbonyl (C=O) groups excluding carboxylic acids is 2. The predicted octanol–water partition coefficient (Wildman–Crippen LogP) is 2.27. The van der Waals surface area contributed by atoms with Gasteiger partial charge < -0.3 is 19.7 Å². The number of amides is 1. The zero-order valence-corrected chi connectivity index (χ0v) is 14.5. The lowest BCUT2D eigenvalue weighted by molar-refractivity contribution is -0.119. The lowest BCUT2D eigenvalue weighted by Gasteiger charge is -2.09. The third kappa shape index (κ3) is 4.69. The van der Waals surface area contributed by atoms with E-state index < -0.39 is 11.9 Å². The summed E-state index contributed by atoms with van der Waals surface area (Å²) in [5, 5.41) is 3.81. The molecule has 27 heavy (non-hydrogen) atoms. The molecule has 0 aliphatic heterocycles. The Labute approximate surface area is 154 Å². The molecule has 0 bridgehead atoms. The van der Waals surface area contributed by atoms with Crippen LogP contribution in [0.5, 0.6) is 5.75 Å². The SMILES string of the molecule is Cc1ccc(-c2nc(COC(=O)c3ccccc3OCC(N)=O)no2)cc1. The van der Waals surface area contributed by atoms with E-state index in [1.807, 2.05) is 31.2 Å². The summed E-state index contributed by atoms with van der Waals surface area (Å²) in [5.41, 5.74) is 7.11. The first-order valence-corrected chi connectivity index (χ1v) is 8.10. The largest absolute Gasteiger partial charge is 0.483 e. The molecule has 1 amide bonds. The quantitative estimate of drug-likeness (QED) is 0.636. The fraction of sp³-hybridized carbons (Fsp3) is 0.158. The Kier molecular flexibility index (Phi) is 5.46. The smallest absolute Gasteiger partial charge is 0.342 e. The summed E-state index contributed by atoms with van der Waals surface area (Å²) in [4.78, 5) is 27.4. The maximum atomic E-state index is 12.3. The number of ether oxygens (including phenoxy) is 2. The van der Waals surface area contributed by atoms with Crippen LogP contribution in [-0.2, 0) is 16.1 Å². The van der Waals surface area contributed by atoms with E-state index in [1.54, 1.807) is 18.2 Å². The Morgan fingerprint density at radius 1 is 1.11 bits per heavy atom. The lowest BCUT2D eigenvalue weighted by Crippen LogP contribution is -2.21. The first-order valence-electron chi connectivity index (χ1n) is 8.10. The molecule has 8 heteroatoms. The highest BCUT2D eigenvalue weighted by atomic mass is 16.5. The third-order valence-corrected chi connectivity index (χ3v) is 3.58. The highest BCUT2D eigenvalue weighted by molar-refractivity contribution is 5.92. The van der Waals surface area contributed by atoms with Crippen molar-refractivity contribution < 1.29 is 23.6 Å². The van der Waals surface area contributed by atoms with Gasteiger partial charge in [-0.15, -0.1) is 0 Å². The first-order chi connectivity index (χ1) is 13.0. The van der Waals surface area contributed by atoms with Crippen molar-refractivity contribution in [2.24, 2.45) is 5.73 Å². The molecule has 3 rings (SSSR count). The molecule has 0 radical (unpaired) electrons. The first kappa shape index (κ1) is 18.1. The summed E-state index contributed by atoms with van der Waals surface area (Å²) in [6, 6.07) is 14.0. The second kappa shape index (κ2) is 8.13. The van der Waals surface area contributed by atoms with Crippen LogP contribution in [0.25, 0.3) is 11.5 Å². The fourth-order valence-electron chi connectivity index (χ4n) is 2.24. The number of aryl methyl sites for hydroxylation is 1. The van der Waals surface area contributed by atoms with E-state index in [-0.39, 0.29) is 30.4 Å². The van der Waals surface area contributed by atoms with Crippen LogP contribution in [0.3, 0.4) is 0 Å². The minimum Gasteiger partial charge on any atom is -0.483 e. The number of hydrogen-bond donors (Lipinski definition) is 1. The normalized spacial score (nSPS) is 10.4. The Bertz CT molecular complexity index is 950. The Hall–Kier alpha value is -3.68. The summed E-state index contributed by atoms with van der Waals surface area (Å²) >= 11 is 0. The second-order valence-electron chi connectivity index (χ2n) is 5.71. The van der Waals surface area contributed by atoms with E-state index in [9.17, 15) is 9.59 Å². The number of primary amides is 1. The highest BCUT2D eigenvalue weighted by Crippen LogP contribution is 2.20. The minimum atomic E-state index is -0.645. The monoisotopic (exact) mass is 367 g/mol. The molecule has 1 heterocycles. The van der Waals surface area contributed by atoms with Gasteiger partial charge in [-0.1, -0.05) is 35.0 Å². The molecule has 1 aromatic heterocycles. The fourth-order valence-corrected chi connectivity index (χ4v) is 2.24. The number of para-hydroxylation sites is 1. The van der Waals surface area contributed by atoms with Gasteiger partial charge in [0.05, 0.1) is 0 Å². The van der Waals surface area contributed by atoms with Crippen LogP contribution in [0.4, 0.5) is 0 Å². The molecule has 0 aliphatic rings. The van der Waals surface area contributed by atoms with E-state index >= 15 is 0 Å². The summed E-state index contributed by atoms with van der Waals surface area (Å²) in [5.74, 6) is -0.513. The van der Waals surface area contributed by atoms with Gasteiger partial charge >= 0.3 is 5.97 Å². The van der Waals surface area contributed by atoms with Crippen LogP contribution in [-0.4, -0.2) is 28.6 Å². The summed E-state index contributed by atoms with van der Waals surface area (Å²) < 4.78 is 15.6. The zero-order valence-electron chi connectivity index (χ0n) is 14.5. The number of hydrogen-bond acceptors (Lipinski definition) is 7. The van der Waals surface area contributed by atoms with Gasteiger partial charge in [-0.05, 0) is 31.2 Å². The van der Waals surface area contributed by atoms with Crippen molar-refractivity contribution in [1.82, 2.24) is 10.1 Å². The molecule has 0 unspecified atom stereocenters. The van der Waals surface area contributed by atoms with Crippen LogP contribution in [0.2, 0.25) is 0 Å². The van der Waals surface area contributed by atoms with E-state index in [0.717, 1.165) is 11.1 Å². The molecule has 0 atom stereocenters. The molecule has 2 aromatic carbocycles. The van der Waals surface area contributed by atoms with Crippen molar-refractivity contribution in [3.05, 3.63) is 65.5 Å². The van der Waals surface area contributed by atoms with Crippen molar-refractivity contribution in [1.29, 1.82) is 0 Å². The maximum absolute atomic E-state index is 12.3. The van der Waals surface area contributed by atoms with Crippen molar-refractivity contribution in [3.8, 4) is 17.2 Å². The molecule has 0 saturated carbocycles. The molecule has 2 N–H and O–H groups in total. The van der Waals surface area contributed by atoms with Crippen molar-refractivity contribution in [2.75, 3.05) is 6.61 Å². The highest BCUT2D eigenvalue weighted by Gasteiger charge is 2.16. The van der Waals surface area contributed by atoms with Gasteiger partial charge in [-0.2, -0.15) is 4.98 Å². The molecular weight excluding hydrogens is 350 g/mol. The summed E-state index contributed by atoms with van der Waals surface area (Å²) in [6.45, 7) is 1.47. The van der Waals surface area contributed by atoms with E-state index in [0.29, 0.717) is 5.89 Å². The van der Waals surface area contributed by atoms with Gasteiger partial charge in [-0.25, -0.2) is 4.79 Å². The maximum Gasteiger partial charge on any atom is 0.342 e.